The fraction of sp³-hybridized carbons (Fsp3) is 0.556. The topological polar surface area (TPSA) is 84.9 Å². The Balaban J connectivity index is 1.95. The molecule has 24 heavy (non-hydrogen) atoms. The number of carbonyl (C=O) groups is 2. The van der Waals surface area contributed by atoms with Gasteiger partial charge < -0.3 is 19.9 Å². The van der Waals surface area contributed by atoms with Crippen molar-refractivity contribution in [2.75, 3.05) is 19.8 Å². The third-order valence-corrected chi connectivity index (χ3v) is 4.24. The minimum absolute atomic E-state index is 0.0718. The van der Waals surface area contributed by atoms with Crippen molar-refractivity contribution in [3.8, 4) is 5.75 Å². The van der Waals surface area contributed by atoms with E-state index in [1.54, 1.807) is 0 Å². The molecular weight excluding hydrogens is 310 g/mol. The van der Waals surface area contributed by atoms with Gasteiger partial charge in [0.05, 0.1) is 18.6 Å². The van der Waals surface area contributed by atoms with Gasteiger partial charge in [0, 0.05) is 19.6 Å². The summed E-state index contributed by atoms with van der Waals surface area (Å²) in [6, 6.07) is 7.65. The smallest absolute Gasteiger partial charge is 0.305 e. The second kappa shape index (κ2) is 8.68. The van der Waals surface area contributed by atoms with E-state index in [9.17, 15) is 9.59 Å². The quantitative estimate of drug-likeness (QED) is 0.760. The number of amides is 1. The van der Waals surface area contributed by atoms with Crippen LogP contribution in [0.1, 0.15) is 38.2 Å². The molecule has 1 saturated heterocycles. The lowest BCUT2D eigenvalue weighted by Gasteiger charge is -2.36. The summed E-state index contributed by atoms with van der Waals surface area (Å²) < 4.78 is 10.9. The number of carbonyl (C=O) groups excluding carboxylic acids is 1. The molecule has 0 aliphatic carbocycles. The lowest BCUT2D eigenvalue weighted by molar-refractivity contribution is -0.140. The third kappa shape index (κ3) is 5.23. The van der Waals surface area contributed by atoms with Crippen LogP contribution in [0.3, 0.4) is 0 Å². The summed E-state index contributed by atoms with van der Waals surface area (Å²) in [6.45, 7) is 3.44. The van der Waals surface area contributed by atoms with Crippen molar-refractivity contribution < 1.29 is 24.2 Å². The molecule has 0 bridgehead atoms. The maximum atomic E-state index is 12.4. The van der Waals surface area contributed by atoms with E-state index in [4.69, 9.17) is 14.6 Å². The average molecular weight is 335 g/mol. The molecule has 6 nitrogen and oxygen atoms in total. The SMILES string of the molecule is CCOc1ccccc1CCC(=O)NC1(CC(=O)O)CCOCC1. The van der Waals surface area contributed by atoms with E-state index in [2.05, 4.69) is 5.32 Å². The molecule has 2 rings (SSSR count). The highest BCUT2D eigenvalue weighted by Gasteiger charge is 2.36. The summed E-state index contributed by atoms with van der Waals surface area (Å²) in [6.07, 6.45) is 1.84. The molecule has 2 N–H and O–H groups in total. The van der Waals surface area contributed by atoms with Crippen LogP contribution in [0, 0.1) is 0 Å². The van der Waals surface area contributed by atoms with Crippen LogP contribution in [0.15, 0.2) is 24.3 Å². The second-order valence-corrected chi connectivity index (χ2v) is 6.05. The maximum Gasteiger partial charge on any atom is 0.305 e. The molecule has 1 aromatic carbocycles. The average Bonchev–Trinajstić information content (AvgIpc) is 2.54. The Morgan fingerprint density at radius 2 is 2.00 bits per heavy atom. The monoisotopic (exact) mass is 335 g/mol. The molecule has 0 saturated carbocycles. The molecule has 0 aromatic heterocycles. The van der Waals surface area contributed by atoms with Crippen LogP contribution in [0.25, 0.3) is 0 Å². The molecule has 1 heterocycles. The van der Waals surface area contributed by atoms with Gasteiger partial charge in [0.25, 0.3) is 0 Å². The Bertz CT molecular complexity index is 566. The standard InChI is InChI=1S/C18H25NO5/c1-2-24-15-6-4-3-5-14(15)7-8-16(20)19-18(13-17(21)22)9-11-23-12-10-18/h3-6H,2,7-13H2,1H3,(H,19,20)(H,21,22). The van der Waals surface area contributed by atoms with E-state index >= 15 is 0 Å². The second-order valence-electron chi connectivity index (χ2n) is 6.05. The predicted molar refractivity (Wildman–Crippen MR) is 89.1 cm³/mol. The summed E-state index contributed by atoms with van der Waals surface area (Å²) in [5.74, 6) is -0.248. The zero-order chi connectivity index (χ0) is 17.4. The maximum absolute atomic E-state index is 12.4. The molecule has 0 radical (unpaired) electrons. The molecule has 1 aliphatic heterocycles. The highest BCUT2D eigenvalue weighted by atomic mass is 16.5. The van der Waals surface area contributed by atoms with Gasteiger partial charge in [-0.3, -0.25) is 9.59 Å². The molecule has 1 amide bonds. The van der Waals surface area contributed by atoms with Gasteiger partial charge in [-0.15, -0.1) is 0 Å². The van der Waals surface area contributed by atoms with Crippen LogP contribution < -0.4 is 10.1 Å². The summed E-state index contributed by atoms with van der Waals surface area (Å²) in [5.41, 5.74) is 0.286. The van der Waals surface area contributed by atoms with Gasteiger partial charge in [-0.2, -0.15) is 0 Å². The zero-order valence-electron chi connectivity index (χ0n) is 14.0. The number of rotatable bonds is 8. The number of carboxylic acid groups (broad SMARTS) is 1. The van der Waals surface area contributed by atoms with Crippen molar-refractivity contribution >= 4 is 11.9 Å². The van der Waals surface area contributed by atoms with Gasteiger partial charge in [0.15, 0.2) is 0 Å². The molecule has 0 atom stereocenters. The minimum Gasteiger partial charge on any atom is -0.494 e. The molecule has 0 unspecified atom stereocenters. The Kier molecular flexibility index (Phi) is 6.61. The molecule has 6 heteroatoms. The van der Waals surface area contributed by atoms with Crippen molar-refractivity contribution in [2.24, 2.45) is 0 Å². The third-order valence-electron chi connectivity index (χ3n) is 4.24. The molecule has 1 aliphatic rings. The highest BCUT2D eigenvalue weighted by Crippen LogP contribution is 2.25. The largest absolute Gasteiger partial charge is 0.494 e. The Labute approximate surface area is 142 Å². The fourth-order valence-corrected chi connectivity index (χ4v) is 3.01. The van der Waals surface area contributed by atoms with Gasteiger partial charge >= 0.3 is 5.97 Å². The first-order valence-corrected chi connectivity index (χ1v) is 8.36. The highest BCUT2D eigenvalue weighted by molar-refractivity contribution is 5.78. The lowest BCUT2D eigenvalue weighted by atomic mass is 9.86. The van der Waals surface area contributed by atoms with Crippen LogP contribution >= 0.6 is 0 Å². The molecular formula is C18H25NO5. The number of para-hydroxylation sites is 1. The number of aryl methyl sites for hydroxylation is 1. The summed E-state index contributed by atoms with van der Waals surface area (Å²) in [7, 11) is 0. The summed E-state index contributed by atoms with van der Waals surface area (Å²) in [5, 5.41) is 12.1. The molecule has 132 valence electrons. The van der Waals surface area contributed by atoms with Crippen molar-refractivity contribution in [2.45, 2.75) is 44.6 Å². The normalized spacial score (nSPS) is 16.4. The van der Waals surface area contributed by atoms with Gasteiger partial charge in [0.1, 0.15) is 5.75 Å². The first kappa shape index (κ1) is 18.3. The van der Waals surface area contributed by atoms with Crippen LogP contribution in [0.2, 0.25) is 0 Å². The summed E-state index contributed by atoms with van der Waals surface area (Å²) >= 11 is 0. The Morgan fingerprint density at radius 1 is 1.29 bits per heavy atom. The zero-order valence-corrected chi connectivity index (χ0v) is 14.0. The van der Waals surface area contributed by atoms with E-state index < -0.39 is 11.5 Å². The van der Waals surface area contributed by atoms with E-state index in [0.29, 0.717) is 45.5 Å². The van der Waals surface area contributed by atoms with E-state index in [1.165, 1.54) is 0 Å². The minimum atomic E-state index is -0.904. The van der Waals surface area contributed by atoms with E-state index in [1.807, 2.05) is 31.2 Å². The fourth-order valence-electron chi connectivity index (χ4n) is 3.01. The van der Waals surface area contributed by atoms with Gasteiger partial charge in [-0.05, 0) is 37.8 Å². The van der Waals surface area contributed by atoms with Gasteiger partial charge in [-0.25, -0.2) is 0 Å². The number of ether oxygens (including phenoxy) is 2. The molecule has 1 aromatic rings. The number of hydrogen-bond donors (Lipinski definition) is 2. The predicted octanol–water partition coefficient (Wildman–Crippen LogP) is 2.16. The van der Waals surface area contributed by atoms with Gasteiger partial charge in [-0.1, -0.05) is 18.2 Å². The van der Waals surface area contributed by atoms with Gasteiger partial charge in [0.2, 0.25) is 5.91 Å². The molecule has 1 fully saturated rings. The van der Waals surface area contributed by atoms with Crippen LogP contribution in [-0.2, 0) is 20.7 Å². The Hall–Kier alpha value is -2.08. The first-order chi connectivity index (χ1) is 11.5. The van der Waals surface area contributed by atoms with Crippen molar-refractivity contribution in [3.63, 3.8) is 0 Å². The van der Waals surface area contributed by atoms with Crippen molar-refractivity contribution in [1.82, 2.24) is 5.32 Å². The number of aliphatic carboxylic acids is 1. The van der Waals surface area contributed by atoms with Crippen LogP contribution in [0.5, 0.6) is 5.75 Å². The molecule has 0 spiro atoms. The van der Waals surface area contributed by atoms with Crippen molar-refractivity contribution in [3.05, 3.63) is 29.8 Å². The van der Waals surface area contributed by atoms with Crippen LogP contribution in [0.4, 0.5) is 0 Å². The van der Waals surface area contributed by atoms with Crippen LogP contribution in [-0.4, -0.2) is 42.3 Å². The van der Waals surface area contributed by atoms with E-state index in [-0.39, 0.29) is 12.3 Å². The lowest BCUT2D eigenvalue weighted by Crippen LogP contribution is -2.53. The number of hydrogen-bond acceptors (Lipinski definition) is 4. The first-order valence-electron chi connectivity index (χ1n) is 8.36. The van der Waals surface area contributed by atoms with E-state index in [0.717, 1.165) is 11.3 Å². The number of benzene rings is 1. The Morgan fingerprint density at radius 3 is 2.67 bits per heavy atom. The van der Waals surface area contributed by atoms with Crippen molar-refractivity contribution in [1.29, 1.82) is 0 Å². The number of nitrogens with one attached hydrogen (secondary N) is 1. The summed E-state index contributed by atoms with van der Waals surface area (Å²) in [4.78, 5) is 23.5. The number of carboxylic acids is 1.